The highest BCUT2D eigenvalue weighted by Crippen LogP contribution is 2.32. The van der Waals surface area contributed by atoms with Crippen molar-refractivity contribution in [2.75, 3.05) is 19.7 Å². The van der Waals surface area contributed by atoms with Gasteiger partial charge in [0.05, 0.1) is 10.5 Å². The van der Waals surface area contributed by atoms with Crippen LogP contribution in [-0.2, 0) is 9.59 Å². The van der Waals surface area contributed by atoms with Gasteiger partial charge in [0, 0.05) is 18.1 Å². The van der Waals surface area contributed by atoms with Crippen LogP contribution in [0.25, 0.3) is 6.08 Å². The van der Waals surface area contributed by atoms with Gasteiger partial charge < -0.3 is 10.1 Å². The Balaban J connectivity index is 1.49. The molecule has 0 unspecified atom stereocenters. The molecule has 1 fully saturated rings. The van der Waals surface area contributed by atoms with Gasteiger partial charge in [0.25, 0.3) is 17.1 Å². The van der Waals surface area contributed by atoms with Gasteiger partial charge in [-0.05, 0) is 47.7 Å². The molecule has 1 heterocycles. The van der Waals surface area contributed by atoms with Crippen molar-refractivity contribution in [1.29, 1.82) is 5.26 Å². The lowest BCUT2D eigenvalue weighted by molar-refractivity contribution is -0.125. The number of benzene rings is 2. The van der Waals surface area contributed by atoms with Gasteiger partial charge in [-0.2, -0.15) is 5.26 Å². The molecule has 7 nitrogen and oxygen atoms in total. The van der Waals surface area contributed by atoms with E-state index in [4.69, 9.17) is 21.6 Å². The Bertz CT molecular complexity index is 1050. The summed E-state index contributed by atoms with van der Waals surface area (Å²) in [6.07, 6.45) is 1.63. The number of halogens is 1. The van der Waals surface area contributed by atoms with Crippen LogP contribution in [0.15, 0.2) is 53.4 Å². The molecule has 1 saturated heterocycles. The van der Waals surface area contributed by atoms with Crippen molar-refractivity contribution in [2.24, 2.45) is 0 Å². The highest BCUT2D eigenvalue weighted by Gasteiger charge is 2.34. The van der Waals surface area contributed by atoms with Crippen molar-refractivity contribution >= 4 is 46.5 Å². The second-order valence-corrected chi connectivity index (χ2v) is 7.56. The Morgan fingerprint density at radius 2 is 1.93 bits per heavy atom. The second kappa shape index (κ2) is 9.96. The second-order valence-electron chi connectivity index (χ2n) is 6.13. The van der Waals surface area contributed by atoms with E-state index in [1.807, 2.05) is 6.07 Å². The number of nitriles is 1. The lowest BCUT2D eigenvalue weighted by Crippen LogP contribution is -2.38. The molecule has 3 rings (SSSR count). The quantitative estimate of drug-likeness (QED) is 0.660. The number of rotatable bonds is 7. The Hall–Kier alpha value is -3.28. The highest BCUT2D eigenvalue weighted by molar-refractivity contribution is 8.18. The lowest BCUT2D eigenvalue weighted by atomic mass is 10.2. The summed E-state index contributed by atoms with van der Waals surface area (Å²) >= 11 is 6.69. The molecule has 2 aromatic carbocycles. The van der Waals surface area contributed by atoms with Gasteiger partial charge in [-0.25, -0.2) is 0 Å². The summed E-state index contributed by atoms with van der Waals surface area (Å²) in [7, 11) is 0. The van der Waals surface area contributed by atoms with E-state index >= 15 is 0 Å². The van der Waals surface area contributed by atoms with Crippen LogP contribution >= 0.6 is 23.4 Å². The summed E-state index contributed by atoms with van der Waals surface area (Å²) in [6.45, 7) is -0.144. The third kappa shape index (κ3) is 5.41. The molecule has 1 N–H and O–H groups in total. The van der Waals surface area contributed by atoms with Crippen LogP contribution < -0.4 is 10.1 Å². The molecule has 152 valence electrons. The number of imide groups is 1. The summed E-state index contributed by atoms with van der Waals surface area (Å²) in [5.41, 5.74) is 1.09. The van der Waals surface area contributed by atoms with Crippen LogP contribution in [0, 0.1) is 11.3 Å². The van der Waals surface area contributed by atoms with Crippen molar-refractivity contribution in [3.05, 3.63) is 69.6 Å². The number of para-hydroxylation sites is 1. The van der Waals surface area contributed by atoms with Gasteiger partial charge in [0.2, 0.25) is 0 Å². The van der Waals surface area contributed by atoms with Crippen LogP contribution in [0.5, 0.6) is 5.75 Å². The predicted molar refractivity (Wildman–Crippen MR) is 114 cm³/mol. The van der Waals surface area contributed by atoms with Crippen LogP contribution in [0.4, 0.5) is 4.79 Å². The number of nitrogens with zero attached hydrogens (tertiary/aromatic N) is 2. The standard InChI is InChI=1S/C21H16ClN3O4S/c22-16-7-5-14(6-8-16)11-18-20(27)25(21(28)30-18)10-9-24-19(26)13-29-17-4-2-1-3-15(17)12-23/h1-8,11H,9-10,13H2,(H,24,26)/b18-11-. The molecular formula is C21H16ClN3O4S. The van der Waals surface area contributed by atoms with Crippen molar-refractivity contribution in [1.82, 2.24) is 10.2 Å². The maximum absolute atomic E-state index is 12.5. The van der Waals surface area contributed by atoms with Gasteiger partial charge in [-0.3, -0.25) is 19.3 Å². The van der Waals surface area contributed by atoms with Crippen LogP contribution in [-0.4, -0.2) is 41.6 Å². The maximum Gasteiger partial charge on any atom is 0.293 e. The van der Waals surface area contributed by atoms with E-state index in [1.54, 1.807) is 54.6 Å². The fourth-order valence-electron chi connectivity index (χ4n) is 2.59. The van der Waals surface area contributed by atoms with Gasteiger partial charge in [-0.1, -0.05) is 35.9 Å². The van der Waals surface area contributed by atoms with E-state index in [-0.39, 0.29) is 19.7 Å². The molecule has 3 amide bonds. The van der Waals surface area contributed by atoms with Crippen molar-refractivity contribution in [3.63, 3.8) is 0 Å². The average Bonchev–Trinajstić information content (AvgIpc) is 3.01. The van der Waals surface area contributed by atoms with Gasteiger partial charge in [-0.15, -0.1) is 0 Å². The van der Waals surface area contributed by atoms with Crippen molar-refractivity contribution in [2.45, 2.75) is 0 Å². The van der Waals surface area contributed by atoms with E-state index in [9.17, 15) is 14.4 Å². The summed E-state index contributed by atoms with van der Waals surface area (Å²) in [6, 6.07) is 15.5. The zero-order chi connectivity index (χ0) is 21.5. The maximum atomic E-state index is 12.5. The van der Waals surface area contributed by atoms with E-state index in [0.717, 1.165) is 22.2 Å². The SMILES string of the molecule is N#Cc1ccccc1OCC(=O)NCCN1C(=O)S/C(=C\c2ccc(Cl)cc2)C1=O. The molecule has 0 spiro atoms. The first-order valence-electron chi connectivity index (χ1n) is 8.87. The molecule has 30 heavy (non-hydrogen) atoms. The molecule has 0 atom stereocenters. The third-order valence-electron chi connectivity index (χ3n) is 4.07. The number of nitrogens with one attached hydrogen (secondary N) is 1. The number of carbonyl (C=O) groups excluding carboxylic acids is 3. The van der Waals surface area contributed by atoms with Crippen molar-refractivity contribution in [3.8, 4) is 11.8 Å². The lowest BCUT2D eigenvalue weighted by Gasteiger charge is -2.13. The number of amides is 3. The highest BCUT2D eigenvalue weighted by atomic mass is 35.5. The van der Waals surface area contributed by atoms with Crippen LogP contribution in [0.3, 0.4) is 0 Å². The minimum Gasteiger partial charge on any atom is -0.482 e. The van der Waals surface area contributed by atoms with Crippen LogP contribution in [0.1, 0.15) is 11.1 Å². The summed E-state index contributed by atoms with van der Waals surface area (Å²) < 4.78 is 5.34. The number of ether oxygens (including phenoxy) is 1. The molecule has 1 aliphatic rings. The topological polar surface area (TPSA) is 99.5 Å². The molecule has 1 aliphatic heterocycles. The molecule has 0 saturated carbocycles. The van der Waals surface area contributed by atoms with Gasteiger partial charge in [0.15, 0.2) is 6.61 Å². The molecule has 0 aromatic heterocycles. The zero-order valence-corrected chi connectivity index (χ0v) is 17.2. The number of hydrogen-bond donors (Lipinski definition) is 1. The minimum absolute atomic E-state index is 0.0448. The Kier molecular flexibility index (Phi) is 7.12. The number of carbonyl (C=O) groups is 3. The molecule has 0 radical (unpaired) electrons. The molecule has 9 heteroatoms. The largest absolute Gasteiger partial charge is 0.482 e. The van der Waals surface area contributed by atoms with E-state index in [0.29, 0.717) is 21.2 Å². The Morgan fingerprint density at radius 1 is 1.20 bits per heavy atom. The average molecular weight is 442 g/mol. The molecule has 2 aromatic rings. The smallest absolute Gasteiger partial charge is 0.293 e. The van der Waals surface area contributed by atoms with Gasteiger partial charge >= 0.3 is 0 Å². The van der Waals surface area contributed by atoms with E-state index in [1.165, 1.54) is 0 Å². The fraction of sp³-hybridized carbons (Fsp3) is 0.143. The number of thioether (sulfide) groups is 1. The first-order valence-corrected chi connectivity index (χ1v) is 10.1. The monoisotopic (exact) mass is 441 g/mol. The Labute approximate surface area is 182 Å². The normalized spacial score (nSPS) is 14.7. The number of hydrogen-bond acceptors (Lipinski definition) is 6. The van der Waals surface area contributed by atoms with E-state index in [2.05, 4.69) is 5.32 Å². The first-order chi connectivity index (χ1) is 14.5. The zero-order valence-electron chi connectivity index (χ0n) is 15.6. The van der Waals surface area contributed by atoms with E-state index < -0.39 is 17.1 Å². The van der Waals surface area contributed by atoms with Crippen molar-refractivity contribution < 1.29 is 19.1 Å². The van der Waals surface area contributed by atoms with Crippen LogP contribution in [0.2, 0.25) is 5.02 Å². The fourth-order valence-corrected chi connectivity index (χ4v) is 3.58. The summed E-state index contributed by atoms with van der Waals surface area (Å²) in [5.74, 6) is -0.520. The van der Waals surface area contributed by atoms with Gasteiger partial charge in [0.1, 0.15) is 11.8 Å². The predicted octanol–water partition coefficient (Wildman–Crippen LogP) is 3.44. The Morgan fingerprint density at radius 3 is 2.67 bits per heavy atom. The first kappa shape index (κ1) is 21.4. The minimum atomic E-state index is -0.425. The summed E-state index contributed by atoms with van der Waals surface area (Å²) in [5, 5.41) is 11.8. The molecule has 0 bridgehead atoms. The molecule has 0 aliphatic carbocycles. The summed E-state index contributed by atoms with van der Waals surface area (Å²) in [4.78, 5) is 37.9. The third-order valence-corrected chi connectivity index (χ3v) is 5.22. The molecular weight excluding hydrogens is 426 g/mol.